The Morgan fingerprint density at radius 3 is 2.78 bits per heavy atom. The number of alkyl halides is 2. The van der Waals surface area contributed by atoms with E-state index in [1.807, 2.05) is 0 Å². The maximum Gasteiger partial charge on any atom is 0.252 e. The smallest absolute Gasteiger partial charge is 0.252 e. The zero-order valence-corrected chi connectivity index (χ0v) is 10.2. The van der Waals surface area contributed by atoms with Crippen LogP contribution in [0.5, 0.6) is 0 Å². The van der Waals surface area contributed by atoms with Crippen LogP contribution in [-0.2, 0) is 0 Å². The van der Waals surface area contributed by atoms with Crippen molar-refractivity contribution in [3.63, 3.8) is 0 Å². The molecule has 1 heterocycles. The summed E-state index contributed by atoms with van der Waals surface area (Å²) in [5.41, 5.74) is 1.35. The predicted octanol–water partition coefficient (Wildman–Crippen LogP) is 2.68. The van der Waals surface area contributed by atoms with Crippen molar-refractivity contribution in [3.8, 4) is 0 Å². The van der Waals surface area contributed by atoms with Crippen LogP contribution >= 0.6 is 0 Å². The quantitative estimate of drug-likeness (QED) is 0.630. The van der Waals surface area contributed by atoms with Crippen LogP contribution in [0.3, 0.4) is 0 Å². The number of anilines is 1. The minimum atomic E-state index is -2.56. The standard InChI is InChI=1S/C11H15F2N5/c1-7(2)16-10(14)17-8-5-15-18(6-8)9-3-11(12,13)4-9/h5-6,9H,3-4H2,1-2H3,(H2,14,17). The molecule has 0 saturated heterocycles. The zero-order chi connectivity index (χ0) is 13.3. The molecule has 0 bridgehead atoms. The summed E-state index contributed by atoms with van der Waals surface area (Å²) in [7, 11) is 0. The highest BCUT2D eigenvalue weighted by Gasteiger charge is 2.46. The average molecular weight is 255 g/mol. The molecule has 7 heteroatoms. The molecule has 5 nitrogen and oxygen atoms in total. The number of rotatable bonds is 2. The number of aliphatic imine (C=N–C) groups is 1. The Bertz CT molecular complexity index is 479. The van der Waals surface area contributed by atoms with Crippen LogP contribution in [0.2, 0.25) is 0 Å². The Labute approximate surface area is 103 Å². The van der Waals surface area contributed by atoms with Crippen molar-refractivity contribution in [2.45, 2.75) is 38.7 Å². The largest absolute Gasteiger partial charge is 0.322 e. The summed E-state index contributed by atoms with van der Waals surface area (Å²) in [4.78, 5) is 3.92. The van der Waals surface area contributed by atoms with E-state index in [2.05, 4.69) is 15.4 Å². The lowest BCUT2D eigenvalue weighted by Gasteiger charge is -2.34. The van der Waals surface area contributed by atoms with Crippen LogP contribution in [0, 0.1) is 5.41 Å². The lowest BCUT2D eigenvalue weighted by atomic mass is 9.88. The SMILES string of the molecule is CC(C)=NC(=N)Nc1cnn(C2CC(F)(F)C2)c1. The molecular weight excluding hydrogens is 240 g/mol. The number of guanidine groups is 1. The molecule has 0 spiro atoms. The number of hydrogen-bond donors (Lipinski definition) is 2. The summed E-state index contributed by atoms with van der Waals surface area (Å²) in [6.45, 7) is 3.58. The molecule has 98 valence electrons. The van der Waals surface area contributed by atoms with Gasteiger partial charge in [0.05, 0.1) is 17.9 Å². The van der Waals surface area contributed by atoms with Crippen molar-refractivity contribution in [1.82, 2.24) is 9.78 Å². The highest BCUT2D eigenvalue weighted by molar-refractivity contribution is 6.00. The Kier molecular flexibility index (Phi) is 3.14. The molecule has 1 aliphatic rings. The Morgan fingerprint density at radius 2 is 2.22 bits per heavy atom. The van der Waals surface area contributed by atoms with E-state index in [0.29, 0.717) is 5.69 Å². The van der Waals surface area contributed by atoms with Crippen molar-refractivity contribution in [2.24, 2.45) is 4.99 Å². The molecule has 0 atom stereocenters. The topological polar surface area (TPSA) is 66.1 Å². The molecule has 1 fully saturated rings. The normalized spacial score (nSPS) is 18.0. The van der Waals surface area contributed by atoms with Crippen LogP contribution in [0.15, 0.2) is 17.4 Å². The Balaban J connectivity index is 1.95. The van der Waals surface area contributed by atoms with Crippen LogP contribution in [-0.4, -0.2) is 27.4 Å². The maximum atomic E-state index is 12.7. The van der Waals surface area contributed by atoms with Gasteiger partial charge >= 0.3 is 0 Å². The van der Waals surface area contributed by atoms with Crippen molar-refractivity contribution in [1.29, 1.82) is 5.41 Å². The molecular formula is C11H15F2N5. The molecule has 0 amide bonds. The van der Waals surface area contributed by atoms with Crippen molar-refractivity contribution >= 4 is 17.4 Å². The molecule has 18 heavy (non-hydrogen) atoms. The Morgan fingerprint density at radius 1 is 1.56 bits per heavy atom. The highest BCUT2D eigenvalue weighted by Crippen LogP contribution is 2.45. The first-order valence-electron chi connectivity index (χ1n) is 5.65. The fourth-order valence-corrected chi connectivity index (χ4v) is 1.81. The van der Waals surface area contributed by atoms with E-state index < -0.39 is 5.92 Å². The maximum absolute atomic E-state index is 12.7. The van der Waals surface area contributed by atoms with Gasteiger partial charge in [-0.2, -0.15) is 5.10 Å². The van der Waals surface area contributed by atoms with Crippen LogP contribution in [0.4, 0.5) is 14.5 Å². The van der Waals surface area contributed by atoms with Gasteiger partial charge in [-0.1, -0.05) is 0 Å². The van der Waals surface area contributed by atoms with Gasteiger partial charge in [-0.25, -0.2) is 13.8 Å². The number of hydrogen-bond acceptors (Lipinski definition) is 2. The van der Waals surface area contributed by atoms with Crippen molar-refractivity contribution in [2.75, 3.05) is 5.32 Å². The van der Waals surface area contributed by atoms with Gasteiger partial charge in [0.1, 0.15) is 0 Å². The average Bonchev–Trinajstić information content (AvgIpc) is 2.60. The van der Waals surface area contributed by atoms with Gasteiger partial charge in [0.15, 0.2) is 0 Å². The summed E-state index contributed by atoms with van der Waals surface area (Å²) < 4.78 is 27.0. The highest BCUT2D eigenvalue weighted by atomic mass is 19.3. The summed E-state index contributed by atoms with van der Waals surface area (Å²) in [5, 5.41) is 14.3. The van der Waals surface area contributed by atoms with Gasteiger partial charge in [0.2, 0.25) is 5.96 Å². The second-order valence-corrected chi connectivity index (χ2v) is 4.66. The summed E-state index contributed by atoms with van der Waals surface area (Å²) in [6.07, 6.45) is 2.79. The Hall–Kier alpha value is -1.79. The molecule has 2 N–H and O–H groups in total. The molecule has 1 saturated carbocycles. The second kappa shape index (κ2) is 4.47. The lowest BCUT2D eigenvalue weighted by Crippen LogP contribution is -2.37. The predicted molar refractivity (Wildman–Crippen MR) is 65.6 cm³/mol. The van der Waals surface area contributed by atoms with Gasteiger partial charge in [-0.05, 0) is 13.8 Å². The molecule has 1 aliphatic carbocycles. The van der Waals surface area contributed by atoms with Gasteiger partial charge in [-0.15, -0.1) is 0 Å². The minimum absolute atomic E-state index is 0.00786. The molecule has 0 aliphatic heterocycles. The van der Waals surface area contributed by atoms with E-state index in [9.17, 15) is 8.78 Å². The van der Waals surface area contributed by atoms with Gasteiger partial charge < -0.3 is 5.32 Å². The molecule has 0 unspecified atom stereocenters. The third kappa shape index (κ3) is 2.91. The first-order valence-corrected chi connectivity index (χ1v) is 5.65. The molecule has 2 rings (SSSR count). The van der Waals surface area contributed by atoms with Crippen LogP contribution in [0.1, 0.15) is 32.7 Å². The number of aromatic nitrogens is 2. The number of nitrogens with one attached hydrogen (secondary N) is 2. The molecule has 0 aromatic carbocycles. The van der Waals surface area contributed by atoms with Crippen molar-refractivity contribution in [3.05, 3.63) is 12.4 Å². The van der Waals surface area contributed by atoms with Gasteiger partial charge in [0, 0.05) is 24.8 Å². The fraction of sp³-hybridized carbons (Fsp3) is 0.545. The lowest BCUT2D eigenvalue weighted by molar-refractivity contribution is -0.106. The monoisotopic (exact) mass is 255 g/mol. The molecule has 0 radical (unpaired) electrons. The van der Waals surface area contributed by atoms with E-state index in [4.69, 9.17) is 5.41 Å². The van der Waals surface area contributed by atoms with Crippen molar-refractivity contribution < 1.29 is 8.78 Å². The first kappa shape index (κ1) is 12.7. The van der Waals surface area contributed by atoms with Crippen LogP contribution < -0.4 is 5.32 Å². The minimum Gasteiger partial charge on any atom is -0.322 e. The summed E-state index contributed by atoms with van der Waals surface area (Å²) >= 11 is 0. The zero-order valence-electron chi connectivity index (χ0n) is 10.2. The van der Waals surface area contributed by atoms with Gasteiger partial charge in [-0.3, -0.25) is 10.1 Å². The third-order valence-electron chi connectivity index (χ3n) is 2.64. The first-order chi connectivity index (χ1) is 8.35. The van der Waals surface area contributed by atoms with E-state index >= 15 is 0 Å². The number of nitrogens with zero attached hydrogens (tertiary/aromatic N) is 3. The fourth-order valence-electron chi connectivity index (χ4n) is 1.81. The van der Waals surface area contributed by atoms with E-state index in [1.165, 1.54) is 10.9 Å². The summed E-state index contributed by atoms with van der Waals surface area (Å²) in [6, 6.07) is -0.249. The molecule has 1 aromatic heterocycles. The van der Waals surface area contributed by atoms with E-state index in [0.717, 1.165) is 5.71 Å². The third-order valence-corrected chi connectivity index (χ3v) is 2.64. The van der Waals surface area contributed by atoms with E-state index in [1.54, 1.807) is 20.0 Å². The molecule has 1 aromatic rings. The van der Waals surface area contributed by atoms with Gasteiger partial charge in [0.25, 0.3) is 5.92 Å². The number of halogens is 2. The second-order valence-electron chi connectivity index (χ2n) is 4.66. The van der Waals surface area contributed by atoms with Crippen LogP contribution in [0.25, 0.3) is 0 Å². The van der Waals surface area contributed by atoms with E-state index in [-0.39, 0.29) is 24.8 Å². The summed E-state index contributed by atoms with van der Waals surface area (Å²) in [5.74, 6) is -2.55.